The number of fused-ring (bicyclic) bond motifs is 1. The molecule has 0 heterocycles. The minimum atomic E-state index is -0.886. The molecule has 0 saturated heterocycles. The van der Waals surface area contributed by atoms with Gasteiger partial charge in [-0.3, -0.25) is 0 Å². The number of carbonyl (C=O) groups is 1. The van der Waals surface area contributed by atoms with E-state index in [9.17, 15) is 9.90 Å². The molecule has 188 valence electrons. The van der Waals surface area contributed by atoms with Crippen molar-refractivity contribution >= 4 is 11.7 Å². The minimum absolute atomic E-state index is 0.117. The molecule has 36 heavy (non-hydrogen) atoms. The van der Waals surface area contributed by atoms with Crippen molar-refractivity contribution in [2.75, 3.05) is 19.5 Å². The summed E-state index contributed by atoms with van der Waals surface area (Å²) in [5.74, 6) is 0.709. The van der Waals surface area contributed by atoms with Crippen LogP contribution in [0.15, 0.2) is 54.6 Å². The van der Waals surface area contributed by atoms with Crippen molar-refractivity contribution in [3.63, 3.8) is 0 Å². The molecular formula is C30H33NO5. The van der Waals surface area contributed by atoms with Crippen molar-refractivity contribution in [3.05, 3.63) is 76.9 Å². The Kier molecular flexibility index (Phi) is 6.63. The van der Waals surface area contributed by atoms with E-state index in [1.54, 1.807) is 14.2 Å². The van der Waals surface area contributed by atoms with Gasteiger partial charge in [0.2, 0.25) is 0 Å². The Morgan fingerprint density at radius 3 is 2.17 bits per heavy atom. The fourth-order valence-corrected chi connectivity index (χ4v) is 5.36. The molecule has 2 aliphatic rings. The number of carboxylic acid groups (broad SMARTS) is 1. The number of hydrogen-bond acceptors (Lipinski definition) is 5. The Balaban J connectivity index is 1.47. The molecule has 3 aromatic rings. The van der Waals surface area contributed by atoms with Crippen LogP contribution in [0.5, 0.6) is 11.5 Å². The first-order valence-corrected chi connectivity index (χ1v) is 12.5. The second kappa shape index (κ2) is 9.86. The summed E-state index contributed by atoms with van der Waals surface area (Å²) in [6.07, 6.45) is 4.09. The predicted molar refractivity (Wildman–Crippen MR) is 140 cm³/mol. The highest BCUT2D eigenvalue weighted by Crippen LogP contribution is 2.39. The fraction of sp³-hybridized carbons (Fsp3) is 0.367. The van der Waals surface area contributed by atoms with Gasteiger partial charge in [-0.1, -0.05) is 30.3 Å². The van der Waals surface area contributed by atoms with Crippen molar-refractivity contribution in [1.82, 2.24) is 0 Å². The summed E-state index contributed by atoms with van der Waals surface area (Å²) in [5.41, 5.74) is 6.50. The highest BCUT2D eigenvalue weighted by molar-refractivity contribution is 5.84. The average Bonchev–Trinajstić information content (AvgIpc) is 3.28. The monoisotopic (exact) mass is 487 g/mol. The van der Waals surface area contributed by atoms with Gasteiger partial charge in [0.25, 0.3) is 0 Å². The maximum atomic E-state index is 11.9. The molecule has 2 aliphatic carbocycles. The summed E-state index contributed by atoms with van der Waals surface area (Å²) in [5, 5.41) is 13.1. The Labute approximate surface area is 212 Å². The Morgan fingerprint density at radius 2 is 1.64 bits per heavy atom. The van der Waals surface area contributed by atoms with Gasteiger partial charge < -0.3 is 24.6 Å². The summed E-state index contributed by atoms with van der Waals surface area (Å²) in [7, 11) is 3.31. The first kappa shape index (κ1) is 24.2. The van der Waals surface area contributed by atoms with Crippen LogP contribution in [0.25, 0.3) is 11.1 Å². The standard InChI is InChI=1S/C30H33NO5/c1-19-27(34-2)16-22(17-28(19)35-3)26-10-9-24(31-30(29(32)33)11-6-12-30)13-23(26)18-36-25-14-20-7-4-5-8-21(20)15-25/h4-5,7-10,13,16-17,25,31H,6,11-12,14-15,18H2,1-3H3,(H,32,33). The SMILES string of the molecule is COc1cc(-c2ccc(NC3(C(=O)O)CCC3)cc2COC2Cc3ccccc3C2)cc(OC)c1C. The molecule has 0 spiro atoms. The molecule has 2 N–H and O–H groups in total. The van der Waals surface area contributed by atoms with Crippen molar-refractivity contribution in [1.29, 1.82) is 0 Å². The van der Waals surface area contributed by atoms with Gasteiger partial charge >= 0.3 is 5.97 Å². The van der Waals surface area contributed by atoms with Gasteiger partial charge in [0, 0.05) is 11.3 Å². The molecule has 6 heteroatoms. The quantitative estimate of drug-likeness (QED) is 0.398. The third kappa shape index (κ3) is 4.53. The maximum Gasteiger partial charge on any atom is 0.329 e. The van der Waals surface area contributed by atoms with Gasteiger partial charge in [0.05, 0.1) is 26.9 Å². The van der Waals surface area contributed by atoms with E-state index >= 15 is 0 Å². The van der Waals surface area contributed by atoms with E-state index in [1.165, 1.54) is 11.1 Å². The normalized spacial score (nSPS) is 16.2. The van der Waals surface area contributed by atoms with Crippen LogP contribution in [-0.2, 0) is 29.0 Å². The minimum Gasteiger partial charge on any atom is -0.496 e. The molecule has 3 aromatic carbocycles. The summed E-state index contributed by atoms with van der Waals surface area (Å²) in [4.78, 5) is 11.9. The topological polar surface area (TPSA) is 77.0 Å². The second-order valence-corrected chi connectivity index (χ2v) is 9.85. The zero-order valence-electron chi connectivity index (χ0n) is 21.1. The van der Waals surface area contributed by atoms with E-state index in [4.69, 9.17) is 14.2 Å². The van der Waals surface area contributed by atoms with Crippen molar-refractivity contribution in [2.45, 2.75) is 57.3 Å². The van der Waals surface area contributed by atoms with E-state index in [0.29, 0.717) is 19.4 Å². The molecule has 1 fully saturated rings. The van der Waals surface area contributed by atoms with E-state index in [1.807, 2.05) is 37.3 Å². The van der Waals surface area contributed by atoms with Crippen molar-refractivity contribution in [3.8, 4) is 22.6 Å². The van der Waals surface area contributed by atoms with Gasteiger partial charge in [-0.25, -0.2) is 4.79 Å². The number of methoxy groups -OCH3 is 2. The van der Waals surface area contributed by atoms with Crippen LogP contribution in [0.3, 0.4) is 0 Å². The second-order valence-electron chi connectivity index (χ2n) is 9.85. The molecule has 0 unspecified atom stereocenters. The molecular weight excluding hydrogens is 454 g/mol. The third-order valence-electron chi connectivity index (χ3n) is 7.66. The number of hydrogen-bond donors (Lipinski definition) is 2. The van der Waals surface area contributed by atoms with Crippen LogP contribution in [0.1, 0.15) is 41.5 Å². The number of aliphatic carboxylic acids is 1. The summed E-state index contributed by atoms with van der Waals surface area (Å²) in [6, 6.07) is 18.5. The number of rotatable bonds is 9. The lowest BCUT2D eigenvalue weighted by atomic mass is 9.76. The summed E-state index contributed by atoms with van der Waals surface area (Å²) in [6.45, 7) is 2.39. The molecule has 5 rings (SSSR count). The molecule has 0 aromatic heterocycles. The first-order valence-electron chi connectivity index (χ1n) is 12.5. The molecule has 0 atom stereocenters. The van der Waals surface area contributed by atoms with E-state index < -0.39 is 11.5 Å². The molecule has 0 radical (unpaired) electrons. The number of carboxylic acids is 1. The Morgan fingerprint density at radius 1 is 1.00 bits per heavy atom. The molecule has 0 bridgehead atoms. The third-order valence-corrected chi connectivity index (χ3v) is 7.66. The fourth-order valence-electron chi connectivity index (χ4n) is 5.36. The van der Waals surface area contributed by atoms with Crippen molar-refractivity contribution in [2.24, 2.45) is 0 Å². The number of ether oxygens (including phenoxy) is 3. The molecule has 6 nitrogen and oxygen atoms in total. The lowest BCUT2D eigenvalue weighted by molar-refractivity contribution is -0.145. The summed E-state index contributed by atoms with van der Waals surface area (Å²) < 4.78 is 17.7. The van der Waals surface area contributed by atoms with Gasteiger partial charge in [-0.15, -0.1) is 0 Å². The predicted octanol–water partition coefficient (Wildman–Crippen LogP) is 5.78. The molecule has 0 amide bonds. The zero-order valence-corrected chi connectivity index (χ0v) is 21.1. The van der Waals surface area contributed by atoms with Gasteiger partial charge in [-0.2, -0.15) is 0 Å². The van der Waals surface area contributed by atoms with E-state index in [2.05, 4.69) is 29.6 Å². The molecule has 1 saturated carbocycles. The van der Waals surface area contributed by atoms with Gasteiger partial charge in [0.15, 0.2) is 0 Å². The van der Waals surface area contributed by atoms with Crippen LogP contribution in [0.2, 0.25) is 0 Å². The van der Waals surface area contributed by atoms with Crippen LogP contribution < -0.4 is 14.8 Å². The van der Waals surface area contributed by atoms with Crippen molar-refractivity contribution < 1.29 is 24.1 Å². The van der Waals surface area contributed by atoms with Crippen LogP contribution in [0, 0.1) is 6.92 Å². The molecule has 0 aliphatic heterocycles. The Hall–Kier alpha value is -3.51. The maximum absolute atomic E-state index is 11.9. The van der Waals surface area contributed by atoms with Gasteiger partial charge in [-0.05, 0) is 91.1 Å². The van der Waals surface area contributed by atoms with Crippen LogP contribution in [-0.4, -0.2) is 36.9 Å². The highest BCUT2D eigenvalue weighted by Gasteiger charge is 2.44. The van der Waals surface area contributed by atoms with E-state index in [-0.39, 0.29) is 6.10 Å². The Bertz CT molecular complexity index is 1230. The first-order chi connectivity index (χ1) is 17.4. The number of anilines is 1. The van der Waals surface area contributed by atoms with Crippen LogP contribution in [0.4, 0.5) is 5.69 Å². The zero-order chi connectivity index (χ0) is 25.3. The van der Waals surface area contributed by atoms with Crippen LogP contribution >= 0.6 is 0 Å². The number of benzene rings is 3. The van der Waals surface area contributed by atoms with E-state index in [0.717, 1.165) is 58.7 Å². The summed E-state index contributed by atoms with van der Waals surface area (Å²) >= 11 is 0. The smallest absolute Gasteiger partial charge is 0.329 e. The average molecular weight is 488 g/mol. The van der Waals surface area contributed by atoms with Gasteiger partial charge in [0.1, 0.15) is 17.0 Å². The largest absolute Gasteiger partial charge is 0.496 e. The highest BCUT2D eigenvalue weighted by atomic mass is 16.5. The lowest BCUT2D eigenvalue weighted by Crippen LogP contribution is -2.52. The lowest BCUT2D eigenvalue weighted by Gasteiger charge is -2.39. The number of nitrogens with one attached hydrogen (secondary N) is 1.